The number of thiol groups is 1. The minimum atomic E-state index is -0.544. The van der Waals surface area contributed by atoms with Crippen LogP contribution < -0.4 is 11.1 Å². The van der Waals surface area contributed by atoms with Crippen LogP contribution in [0.1, 0.15) is 5.76 Å². The van der Waals surface area contributed by atoms with Gasteiger partial charge in [0.2, 0.25) is 0 Å². The summed E-state index contributed by atoms with van der Waals surface area (Å²) in [4.78, 5) is 0. The minimum absolute atomic E-state index is 0.192. The highest BCUT2D eigenvalue weighted by molar-refractivity contribution is 7.81. The maximum absolute atomic E-state index is 9.12. The molecule has 0 aliphatic carbocycles. The van der Waals surface area contributed by atoms with Gasteiger partial charge in [-0.05, 0) is 12.1 Å². The van der Waals surface area contributed by atoms with Gasteiger partial charge >= 0.3 is 0 Å². The van der Waals surface area contributed by atoms with Crippen molar-refractivity contribution in [3.63, 3.8) is 0 Å². The maximum Gasteiger partial charge on any atom is 0.136 e. The lowest BCUT2D eigenvalue weighted by atomic mass is 9.96. The molecule has 0 fully saturated rings. The topological polar surface area (TPSA) is 98.8 Å². The molecule has 0 saturated carbocycles. The first-order valence-electron chi connectivity index (χ1n) is 4.72. The number of furan rings is 1. The number of hydrogen-bond donors (Lipinski definition) is 3. The summed E-state index contributed by atoms with van der Waals surface area (Å²) in [6.07, 6.45) is 1.47. The summed E-state index contributed by atoms with van der Waals surface area (Å²) in [6, 6.07) is 7.33. The molecule has 1 unspecified atom stereocenters. The Bertz CT molecular complexity index is 586. The second-order valence-corrected chi connectivity index (χ2v) is 3.84. The molecular formula is C11H8N4OS. The van der Waals surface area contributed by atoms with Crippen molar-refractivity contribution < 1.29 is 4.42 Å². The summed E-state index contributed by atoms with van der Waals surface area (Å²) in [6.45, 7) is 0. The first-order valence-corrected chi connectivity index (χ1v) is 5.23. The average Bonchev–Trinajstić information content (AvgIpc) is 2.81. The van der Waals surface area contributed by atoms with Crippen molar-refractivity contribution in [3.8, 4) is 12.1 Å². The zero-order valence-corrected chi connectivity index (χ0v) is 9.53. The highest BCUT2D eigenvalue weighted by Gasteiger charge is 2.28. The number of nitrogens with one attached hydrogen (secondary N) is 1. The summed E-state index contributed by atoms with van der Waals surface area (Å²) in [5.74, 6) is 0.625. The van der Waals surface area contributed by atoms with Crippen LogP contribution in [0.2, 0.25) is 0 Å². The van der Waals surface area contributed by atoms with E-state index in [1.807, 2.05) is 12.1 Å². The van der Waals surface area contributed by atoms with Crippen molar-refractivity contribution in [2.75, 3.05) is 0 Å². The lowest BCUT2D eigenvalue weighted by Gasteiger charge is -2.23. The number of dihydropyridines is 1. The van der Waals surface area contributed by atoms with Crippen molar-refractivity contribution in [3.05, 3.63) is 41.1 Å². The highest BCUT2D eigenvalue weighted by atomic mass is 32.1. The van der Waals surface area contributed by atoms with E-state index in [-0.39, 0.29) is 11.4 Å². The Hall–Kier alpha value is -2.31. The van der Waals surface area contributed by atoms with Crippen LogP contribution in [0.4, 0.5) is 0 Å². The fourth-order valence-corrected chi connectivity index (χ4v) is 1.93. The molecule has 5 nitrogen and oxygen atoms in total. The number of nitrogens with two attached hydrogens (primary N) is 1. The molecule has 84 valence electrons. The van der Waals surface area contributed by atoms with E-state index in [4.69, 9.17) is 20.7 Å². The minimum Gasteiger partial charge on any atom is -0.464 e. The molecule has 2 heterocycles. The Kier molecular flexibility index (Phi) is 2.82. The van der Waals surface area contributed by atoms with Gasteiger partial charge in [-0.2, -0.15) is 10.5 Å². The average molecular weight is 244 g/mol. The van der Waals surface area contributed by atoms with Crippen LogP contribution in [0.5, 0.6) is 0 Å². The number of rotatable bonds is 1. The lowest BCUT2D eigenvalue weighted by molar-refractivity contribution is 0.552. The molecule has 0 aromatic carbocycles. The molecule has 1 aliphatic rings. The smallest absolute Gasteiger partial charge is 0.136 e. The van der Waals surface area contributed by atoms with Gasteiger partial charge in [0, 0.05) is 0 Å². The monoisotopic (exact) mass is 244 g/mol. The normalized spacial score (nSPS) is 19.6. The van der Waals surface area contributed by atoms with Crippen molar-refractivity contribution >= 4 is 18.2 Å². The van der Waals surface area contributed by atoms with E-state index in [1.165, 1.54) is 6.26 Å². The fraction of sp³-hybridized carbons (Fsp3) is 0.0909. The molecule has 0 bridgehead atoms. The van der Waals surface area contributed by atoms with Crippen molar-refractivity contribution in [1.82, 2.24) is 5.32 Å². The quantitative estimate of drug-likeness (QED) is 0.643. The van der Waals surface area contributed by atoms with E-state index in [1.54, 1.807) is 12.1 Å². The molecule has 3 N–H and O–H groups in total. The first kappa shape index (κ1) is 11.2. The van der Waals surface area contributed by atoms with Crippen molar-refractivity contribution in [2.45, 2.75) is 5.37 Å². The molecule has 1 atom stereocenters. The maximum atomic E-state index is 9.12. The van der Waals surface area contributed by atoms with Crippen LogP contribution in [0, 0.1) is 22.7 Å². The third kappa shape index (κ3) is 1.75. The van der Waals surface area contributed by atoms with Crippen LogP contribution >= 0.6 is 12.6 Å². The number of allylic oxidation sites excluding steroid dienone is 2. The largest absolute Gasteiger partial charge is 0.464 e. The Morgan fingerprint density at radius 3 is 2.71 bits per heavy atom. The van der Waals surface area contributed by atoms with E-state index >= 15 is 0 Å². The Morgan fingerprint density at radius 2 is 2.18 bits per heavy atom. The summed E-state index contributed by atoms with van der Waals surface area (Å²) < 4.78 is 5.22. The summed E-state index contributed by atoms with van der Waals surface area (Å²) in [7, 11) is 0. The van der Waals surface area contributed by atoms with E-state index in [2.05, 4.69) is 17.9 Å². The zero-order valence-electron chi connectivity index (χ0n) is 8.64. The van der Waals surface area contributed by atoms with Crippen LogP contribution in [0.15, 0.2) is 39.8 Å². The van der Waals surface area contributed by atoms with Gasteiger partial charge in [0.1, 0.15) is 28.6 Å². The van der Waals surface area contributed by atoms with Gasteiger partial charge < -0.3 is 15.5 Å². The van der Waals surface area contributed by atoms with Crippen LogP contribution in [0.3, 0.4) is 0 Å². The zero-order chi connectivity index (χ0) is 12.4. The third-order valence-electron chi connectivity index (χ3n) is 2.35. The number of hydrogen-bond acceptors (Lipinski definition) is 6. The number of nitrogens with zero attached hydrogens (tertiary/aromatic N) is 2. The Labute approximate surface area is 103 Å². The van der Waals surface area contributed by atoms with E-state index in [9.17, 15) is 0 Å². The van der Waals surface area contributed by atoms with E-state index in [0.29, 0.717) is 16.9 Å². The van der Waals surface area contributed by atoms with Crippen LogP contribution in [-0.4, -0.2) is 5.37 Å². The van der Waals surface area contributed by atoms with E-state index < -0.39 is 5.37 Å². The molecule has 0 saturated heterocycles. The van der Waals surface area contributed by atoms with Crippen LogP contribution in [0.25, 0.3) is 5.57 Å². The molecule has 6 heteroatoms. The van der Waals surface area contributed by atoms with Gasteiger partial charge in [-0.25, -0.2) is 0 Å². The SMILES string of the molecule is N#CC1=C(N)NC(S)C(C#N)=C1c1ccco1. The highest BCUT2D eigenvalue weighted by Crippen LogP contribution is 2.33. The number of nitriles is 2. The molecule has 1 aliphatic heterocycles. The lowest BCUT2D eigenvalue weighted by Crippen LogP contribution is -2.34. The van der Waals surface area contributed by atoms with Gasteiger partial charge in [-0.3, -0.25) is 0 Å². The van der Waals surface area contributed by atoms with Gasteiger partial charge in [0.15, 0.2) is 0 Å². The van der Waals surface area contributed by atoms with Gasteiger partial charge in [-0.15, -0.1) is 12.6 Å². The van der Waals surface area contributed by atoms with Crippen LogP contribution in [-0.2, 0) is 0 Å². The fourth-order valence-electron chi connectivity index (χ4n) is 1.61. The van der Waals surface area contributed by atoms with E-state index in [0.717, 1.165) is 0 Å². The molecule has 1 aromatic heterocycles. The van der Waals surface area contributed by atoms with Gasteiger partial charge in [0.25, 0.3) is 0 Å². The third-order valence-corrected chi connectivity index (χ3v) is 2.74. The second kappa shape index (κ2) is 4.28. The molecule has 0 amide bonds. The molecule has 0 spiro atoms. The standard InChI is InChI=1S/C11H8N4OS/c12-4-6-9(8-2-1-3-16-8)7(5-13)11(17)15-10(6)14/h1-3,11,15,17H,14H2. The first-order chi connectivity index (χ1) is 8.19. The second-order valence-electron chi connectivity index (χ2n) is 3.33. The summed E-state index contributed by atoms with van der Waals surface area (Å²) >= 11 is 4.21. The molecule has 0 radical (unpaired) electrons. The summed E-state index contributed by atoms with van der Waals surface area (Å²) in [5.41, 5.74) is 6.61. The molecular weight excluding hydrogens is 236 g/mol. The Morgan fingerprint density at radius 1 is 1.41 bits per heavy atom. The molecule has 2 rings (SSSR count). The molecule has 1 aromatic rings. The van der Waals surface area contributed by atoms with Crippen molar-refractivity contribution in [1.29, 1.82) is 10.5 Å². The summed E-state index contributed by atoms with van der Waals surface area (Å²) in [5, 5.41) is 20.4. The predicted molar refractivity (Wildman–Crippen MR) is 64.0 cm³/mol. The van der Waals surface area contributed by atoms with Crippen molar-refractivity contribution in [2.24, 2.45) is 5.73 Å². The predicted octanol–water partition coefficient (Wildman–Crippen LogP) is 1.11. The van der Waals surface area contributed by atoms with Gasteiger partial charge in [0.05, 0.1) is 23.5 Å². The Balaban J connectivity index is 2.71. The van der Waals surface area contributed by atoms with Gasteiger partial charge in [-0.1, -0.05) is 0 Å². The molecule has 17 heavy (non-hydrogen) atoms.